The van der Waals surface area contributed by atoms with Crippen LogP contribution in [-0.4, -0.2) is 20.0 Å². The van der Waals surface area contributed by atoms with Crippen LogP contribution in [0.3, 0.4) is 0 Å². The van der Waals surface area contributed by atoms with Gasteiger partial charge < -0.3 is 5.11 Å². The summed E-state index contributed by atoms with van der Waals surface area (Å²) in [4.78, 5) is 0. The van der Waals surface area contributed by atoms with Crippen molar-refractivity contribution in [3.63, 3.8) is 0 Å². The molecule has 0 bridgehead atoms. The summed E-state index contributed by atoms with van der Waals surface area (Å²) >= 11 is 0. The van der Waals surface area contributed by atoms with E-state index < -0.39 is 8.80 Å². The van der Waals surface area contributed by atoms with Gasteiger partial charge in [-0.3, -0.25) is 0 Å². The van der Waals surface area contributed by atoms with Gasteiger partial charge in [-0.25, -0.2) is 0 Å². The predicted molar refractivity (Wildman–Crippen MR) is 54.2 cm³/mol. The maximum Gasteiger partial charge on any atom is 0.106 e. The van der Waals surface area contributed by atoms with Crippen molar-refractivity contribution in [2.45, 2.75) is 19.6 Å². The van der Waals surface area contributed by atoms with E-state index in [2.05, 4.69) is 13.1 Å². The second-order valence-corrected chi connectivity index (χ2v) is 5.55. The minimum atomic E-state index is -0.687. The predicted octanol–water partition coefficient (Wildman–Crippen LogP) is 1.87. The molecule has 0 unspecified atom stereocenters. The summed E-state index contributed by atoms with van der Waals surface area (Å²) < 4.78 is 0. The third-order valence-electron chi connectivity index (χ3n) is 2.27. The number of hydrogen-bond donors (Lipinski definition) is 1. The van der Waals surface area contributed by atoms with E-state index in [0.717, 1.165) is 0 Å². The minimum Gasteiger partial charge on any atom is -0.389 e. The molecule has 0 saturated heterocycles. The standard InChI is InChI=1S/C10H15OSi/c1-4-12(3)9-7-5-6-8(2)10(9)11/h4-8,10-11H,1H2,2-3H3/t8-,10-/m0/s1. The molecule has 12 heavy (non-hydrogen) atoms. The van der Waals surface area contributed by atoms with Gasteiger partial charge in [-0.2, -0.15) is 0 Å². The molecule has 0 amide bonds. The Morgan fingerprint density at radius 2 is 2.33 bits per heavy atom. The van der Waals surface area contributed by atoms with Gasteiger partial charge in [0.1, 0.15) is 8.80 Å². The van der Waals surface area contributed by atoms with Crippen molar-refractivity contribution in [2.24, 2.45) is 5.92 Å². The van der Waals surface area contributed by atoms with Crippen LogP contribution in [0, 0.1) is 5.92 Å². The first-order chi connectivity index (χ1) is 5.66. The van der Waals surface area contributed by atoms with Gasteiger partial charge in [0.05, 0.1) is 6.10 Å². The molecule has 65 valence electrons. The highest BCUT2D eigenvalue weighted by Gasteiger charge is 2.22. The zero-order valence-corrected chi connectivity index (χ0v) is 8.62. The third-order valence-corrected chi connectivity index (χ3v) is 4.25. The fourth-order valence-electron chi connectivity index (χ4n) is 1.30. The fourth-order valence-corrected chi connectivity index (χ4v) is 2.63. The van der Waals surface area contributed by atoms with E-state index in [1.165, 1.54) is 5.20 Å². The van der Waals surface area contributed by atoms with Gasteiger partial charge in [-0.15, -0.1) is 6.58 Å². The van der Waals surface area contributed by atoms with Crippen LogP contribution < -0.4 is 0 Å². The van der Waals surface area contributed by atoms with Crippen LogP contribution in [0.5, 0.6) is 0 Å². The lowest BCUT2D eigenvalue weighted by Crippen LogP contribution is -2.28. The van der Waals surface area contributed by atoms with Crippen molar-refractivity contribution in [3.05, 3.63) is 35.7 Å². The first-order valence-corrected chi connectivity index (χ1v) is 6.27. The van der Waals surface area contributed by atoms with Crippen LogP contribution in [0.15, 0.2) is 35.7 Å². The lowest BCUT2D eigenvalue weighted by Gasteiger charge is -2.24. The number of hydrogen-bond acceptors (Lipinski definition) is 1. The van der Waals surface area contributed by atoms with Gasteiger partial charge in [-0.1, -0.05) is 42.6 Å². The molecule has 1 rings (SSSR count). The molecular weight excluding hydrogens is 164 g/mol. The first kappa shape index (κ1) is 9.48. The molecule has 2 atom stereocenters. The third kappa shape index (κ3) is 1.76. The van der Waals surface area contributed by atoms with Crippen molar-refractivity contribution in [1.29, 1.82) is 0 Å². The van der Waals surface area contributed by atoms with Gasteiger partial charge in [-0.05, 0) is 0 Å². The summed E-state index contributed by atoms with van der Waals surface area (Å²) in [7, 11) is -0.687. The molecule has 2 heteroatoms. The Morgan fingerprint density at radius 1 is 1.67 bits per heavy atom. The summed E-state index contributed by atoms with van der Waals surface area (Å²) in [6.07, 6.45) is 5.81. The van der Waals surface area contributed by atoms with Crippen molar-refractivity contribution in [1.82, 2.24) is 0 Å². The van der Waals surface area contributed by atoms with E-state index in [1.54, 1.807) is 0 Å². The monoisotopic (exact) mass is 179 g/mol. The molecule has 1 aliphatic rings. The first-order valence-electron chi connectivity index (χ1n) is 4.19. The molecule has 0 heterocycles. The van der Waals surface area contributed by atoms with Crippen molar-refractivity contribution in [3.8, 4) is 0 Å². The summed E-state index contributed by atoms with van der Waals surface area (Å²) in [5, 5.41) is 11.0. The SMILES string of the molecule is C=C[Si](C)C1=CC=C[C@H](C)[C@@H]1O. The molecule has 0 aromatic rings. The Hall–Kier alpha value is -0.603. The Labute approximate surface area is 75.7 Å². The molecule has 0 aromatic heterocycles. The average Bonchev–Trinajstić information content (AvgIpc) is 2.08. The van der Waals surface area contributed by atoms with E-state index in [0.29, 0.717) is 0 Å². The maximum absolute atomic E-state index is 9.80. The number of aliphatic hydroxyl groups excluding tert-OH is 1. The van der Waals surface area contributed by atoms with E-state index in [1.807, 2.05) is 30.9 Å². The van der Waals surface area contributed by atoms with Gasteiger partial charge in [0.25, 0.3) is 0 Å². The Balaban J connectivity index is 2.82. The zero-order chi connectivity index (χ0) is 9.14. The number of rotatable bonds is 2. The topological polar surface area (TPSA) is 20.2 Å². The van der Waals surface area contributed by atoms with Crippen LogP contribution in [0.2, 0.25) is 6.55 Å². The summed E-state index contributed by atoms with van der Waals surface area (Å²) in [6.45, 7) is 7.95. The zero-order valence-electron chi connectivity index (χ0n) is 7.62. The minimum absolute atomic E-state index is 0.255. The summed E-state index contributed by atoms with van der Waals surface area (Å²) in [6, 6.07) is 0. The number of aliphatic hydroxyl groups is 1. The lowest BCUT2D eigenvalue weighted by molar-refractivity contribution is 0.178. The highest BCUT2D eigenvalue weighted by Crippen LogP contribution is 2.21. The molecule has 1 nitrogen and oxygen atoms in total. The molecule has 0 aromatic carbocycles. The van der Waals surface area contributed by atoms with Crippen LogP contribution in [0.4, 0.5) is 0 Å². The van der Waals surface area contributed by atoms with Crippen molar-refractivity contribution in [2.75, 3.05) is 0 Å². The molecule has 0 spiro atoms. The second kappa shape index (κ2) is 3.87. The second-order valence-electron chi connectivity index (χ2n) is 3.20. The maximum atomic E-state index is 9.80. The van der Waals surface area contributed by atoms with E-state index in [4.69, 9.17) is 0 Å². The normalized spacial score (nSPS) is 28.8. The van der Waals surface area contributed by atoms with Gasteiger partial charge in [0, 0.05) is 5.92 Å². The highest BCUT2D eigenvalue weighted by molar-refractivity contribution is 6.70. The van der Waals surface area contributed by atoms with Crippen molar-refractivity contribution >= 4 is 8.80 Å². The van der Waals surface area contributed by atoms with Gasteiger partial charge in [0.15, 0.2) is 0 Å². The molecule has 0 fully saturated rings. The molecule has 0 saturated carbocycles. The molecular formula is C10H15OSi. The van der Waals surface area contributed by atoms with Crippen LogP contribution >= 0.6 is 0 Å². The van der Waals surface area contributed by atoms with Crippen LogP contribution in [-0.2, 0) is 0 Å². The Bertz CT molecular complexity index is 230. The summed E-state index contributed by atoms with van der Waals surface area (Å²) in [5.41, 5.74) is 1.96. The molecule has 1 N–H and O–H groups in total. The molecule has 1 radical (unpaired) electrons. The van der Waals surface area contributed by atoms with E-state index in [-0.39, 0.29) is 12.0 Å². The summed E-state index contributed by atoms with van der Waals surface area (Å²) in [5.74, 6) is 0.255. The quantitative estimate of drug-likeness (QED) is 0.642. The highest BCUT2D eigenvalue weighted by atomic mass is 28.3. The number of allylic oxidation sites excluding steroid dienone is 2. The molecule has 0 aliphatic heterocycles. The van der Waals surface area contributed by atoms with E-state index in [9.17, 15) is 5.11 Å². The Kier molecular flexibility index (Phi) is 3.06. The van der Waals surface area contributed by atoms with Crippen LogP contribution in [0.1, 0.15) is 6.92 Å². The smallest absolute Gasteiger partial charge is 0.106 e. The largest absolute Gasteiger partial charge is 0.389 e. The van der Waals surface area contributed by atoms with Crippen LogP contribution in [0.25, 0.3) is 0 Å². The molecule has 1 aliphatic carbocycles. The Morgan fingerprint density at radius 3 is 2.92 bits per heavy atom. The van der Waals surface area contributed by atoms with Gasteiger partial charge >= 0.3 is 0 Å². The lowest BCUT2D eigenvalue weighted by atomic mass is 10.00. The van der Waals surface area contributed by atoms with Crippen molar-refractivity contribution < 1.29 is 5.11 Å². The van der Waals surface area contributed by atoms with Gasteiger partial charge in [0.2, 0.25) is 0 Å². The van der Waals surface area contributed by atoms with E-state index >= 15 is 0 Å². The fraction of sp³-hybridized carbons (Fsp3) is 0.400. The average molecular weight is 179 g/mol.